The van der Waals surface area contributed by atoms with E-state index in [4.69, 9.17) is 0 Å². The summed E-state index contributed by atoms with van der Waals surface area (Å²) < 4.78 is 36.8. The number of amides is 3. The third kappa shape index (κ3) is 3.53. The molecule has 8 heteroatoms. The number of rotatable bonds is 3. The maximum atomic E-state index is 12.5. The first-order chi connectivity index (χ1) is 10.0. The molecule has 1 aliphatic carbocycles. The van der Waals surface area contributed by atoms with Gasteiger partial charge in [-0.25, -0.2) is 4.79 Å². The number of imide groups is 1. The molecule has 2 fully saturated rings. The summed E-state index contributed by atoms with van der Waals surface area (Å²) in [7, 11) is 0. The van der Waals surface area contributed by atoms with Crippen LogP contribution >= 0.6 is 0 Å². The van der Waals surface area contributed by atoms with Crippen LogP contribution in [0.1, 0.15) is 39.5 Å². The minimum absolute atomic E-state index is 0.244. The number of aliphatic hydroxyl groups excluding tert-OH is 1. The van der Waals surface area contributed by atoms with Crippen LogP contribution in [0, 0.1) is 11.8 Å². The molecule has 126 valence electrons. The second-order valence-corrected chi connectivity index (χ2v) is 6.76. The first-order valence-electron chi connectivity index (χ1n) is 7.41. The van der Waals surface area contributed by atoms with E-state index in [1.165, 1.54) is 0 Å². The average molecular weight is 322 g/mol. The number of urea groups is 1. The summed E-state index contributed by atoms with van der Waals surface area (Å²) in [5, 5.41) is 12.1. The summed E-state index contributed by atoms with van der Waals surface area (Å²) in [6.45, 7) is 3.34. The first-order valence-corrected chi connectivity index (χ1v) is 7.41. The van der Waals surface area contributed by atoms with Crippen molar-refractivity contribution in [1.82, 2.24) is 10.2 Å². The van der Waals surface area contributed by atoms with Crippen LogP contribution in [-0.4, -0.2) is 46.3 Å². The number of hydrogen-bond acceptors (Lipinski definition) is 3. The summed E-state index contributed by atoms with van der Waals surface area (Å²) in [5.41, 5.74) is -1.02. The van der Waals surface area contributed by atoms with Gasteiger partial charge in [0.15, 0.2) is 0 Å². The summed E-state index contributed by atoms with van der Waals surface area (Å²) in [6.07, 6.45) is -5.87. The molecule has 2 rings (SSSR count). The van der Waals surface area contributed by atoms with Gasteiger partial charge >= 0.3 is 12.2 Å². The third-order valence-electron chi connectivity index (χ3n) is 4.30. The minimum atomic E-state index is -4.54. The van der Waals surface area contributed by atoms with Gasteiger partial charge in [-0.15, -0.1) is 0 Å². The highest BCUT2D eigenvalue weighted by Gasteiger charge is 2.54. The normalized spacial score (nSPS) is 34.2. The lowest BCUT2D eigenvalue weighted by atomic mass is 9.71. The number of nitrogens with zero attached hydrogens (tertiary/aromatic N) is 1. The van der Waals surface area contributed by atoms with Crippen LogP contribution < -0.4 is 5.32 Å². The topological polar surface area (TPSA) is 69.6 Å². The van der Waals surface area contributed by atoms with E-state index in [0.717, 1.165) is 11.3 Å². The second kappa shape index (κ2) is 5.72. The summed E-state index contributed by atoms with van der Waals surface area (Å²) >= 11 is 0. The van der Waals surface area contributed by atoms with E-state index in [1.54, 1.807) is 0 Å². The van der Waals surface area contributed by atoms with Gasteiger partial charge in [0.2, 0.25) is 0 Å². The Labute approximate surface area is 126 Å². The Kier molecular flexibility index (Phi) is 4.43. The van der Waals surface area contributed by atoms with Gasteiger partial charge < -0.3 is 10.4 Å². The molecule has 0 aromatic carbocycles. The van der Waals surface area contributed by atoms with Gasteiger partial charge in [0.1, 0.15) is 5.54 Å². The Morgan fingerprint density at radius 2 is 1.86 bits per heavy atom. The highest BCUT2D eigenvalue weighted by Crippen LogP contribution is 2.39. The zero-order chi connectivity index (χ0) is 16.7. The molecule has 2 N–H and O–H groups in total. The molecule has 1 saturated heterocycles. The van der Waals surface area contributed by atoms with E-state index >= 15 is 0 Å². The third-order valence-corrected chi connectivity index (χ3v) is 4.30. The molecule has 2 aliphatic rings. The molecular weight excluding hydrogens is 301 g/mol. The molecule has 0 radical (unpaired) electrons. The van der Waals surface area contributed by atoms with Crippen LogP contribution in [0.3, 0.4) is 0 Å². The molecule has 0 bridgehead atoms. The van der Waals surface area contributed by atoms with Crippen LogP contribution in [0.25, 0.3) is 0 Å². The molecule has 3 atom stereocenters. The summed E-state index contributed by atoms with van der Waals surface area (Å²) in [6, 6.07) is -0.715. The Morgan fingerprint density at radius 3 is 2.36 bits per heavy atom. The molecule has 0 unspecified atom stereocenters. The van der Waals surface area contributed by atoms with Crippen LogP contribution in [-0.2, 0) is 4.79 Å². The SMILES string of the molecule is C[C@@H]1C[C@@H](C)CC2(C1)NC(=O)N(C[C@@H](O)CC(F)(F)F)C2=O. The Hall–Kier alpha value is -1.31. The lowest BCUT2D eigenvalue weighted by molar-refractivity contribution is -0.157. The Bertz CT molecular complexity index is 457. The number of β-amino-alcohol motifs (C(OH)–C–C–N with tert-alkyl or cyclic N) is 1. The van der Waals surface area contributed by atoms with Gasteiger partial charge in [-0.05, 0) is 31.1 Å². The van der Waals surface area contributed by atoms with E-state index in [1.807, 2.05) is 13.8 Å². The Morgan fingerprint density at radius 1 is 1.32 bits per heavy atom. The molecular formula is C14H21F3N2O3. The van der Waals surface area contributed by atoms with Crippen LogP contribution in [0.4, 0.5) is 18.0 Å². The summed E-state index contributed by atoms with van der Waals surface area (Å²) in [4.78, 5) is 25.2. The molecule has 0 aromatic heterocycles. The minimum Gasteiger partial charge on any atom is -0.391 e. The van der Waals surface area contributed by atoms with Crippen molar-refractivity contribution in [3.8, 4) is 0 Å². The fourth-order valence-corrected chi connectivity index (χ4v) is 3.79. The van der Waals surface area contributed by atoms with Gasteiger partial charge in [-0.3, -0.25) is 9.69 Å². The van der Waals surface area contributed by atoms with Crippen molar-refractivity contribution in [2.75, 3.05) is 6.54 Å². The number of carbonyl (C=O) groups is 2. The van der Waals surface area contributed by atoms with E-state index in [-0.39, 0.29) is 11.8 Å². The fraction of sp³-hybridized carbons (Fsp3) is 0.857. The maximum absolute atomic E-state index is 12.5. The van der Waals surface area contributed by atoms with Crippen molar-refractivity contribution in [3.05, 3.63) is 0 Å². The van der Waals surface area contributed by atoms with Crippen molar-refractivity contribution < 1.29 is 27.9 Å². The van der Waals surface area contributed by atoms with E-state index in [0.29, 0.717) is 12.8 Å². The van der Waals surface area contributed by atoms with Gasteiger partial charge in [0, 0.05) is 0 Å². The fourth-order valence-electron chi connectivity index (χ4n) is 3.79. The number of aliphatic hydroxyl groups is 1. The highest BCUT2D eigenvalue weighted by atomic mass is 19.4. The number of halogens is 3. The van der Waals surface area contributed by atoms with Crippen molar-refractivity contribution in [2.45, 2.75) is 57.3 Å². The predicted octanol–water partition coefficient (Wildman–Crippen LogP) is 2.05. The largest absolute Gasteiger partial charge is 0.391 e. The van der Waals surface area contributed by atoms with E-state index < -0.39 is 42.7 Å². The molecule has 1 spiro atoms. The van der Waals surface area contributed by atoms with E-state index in [2.05, 4.69) is 5.32 Å². The molecule has 0 aromatic rings. The van der Waals surface area contributed by atoms with Crippen molar-refractivity contribution in [3.63, 3.8) is 0 Å². The van der Waals surface area contributed by atoms with E-state index in [9.17, 15) is 27.9 Å². The predicted molar refractivity (Wildman–Crippen MR) is 71.8 cm³/mol. The smallest absolute Gasteiger partial charge is 0.391 e. The van der Waals surface area contributed by atoms with Crippen LogP contribution in [0.5, 0.6) is 0 Å². The lowest BCUT2D eigenvalue weighted by Crippen LogP contribution is -2.52. The molecule has 5 nitrogen and oxygen atoms in total. The average Bonchev–Trinajstić information content (AvgIpc) is 2.49. The second-order valence-electron chi connectivity index (χ2n) is 6.76. The van der Waals surface area contributed by atoms with Gasteiger partial charge in [-0.2, -0.15) is 13.2 Å². The van der Waals surface area contributed by atoms with Crippen LogP contribution in [0.2, 0.25) is 0 Å². The molecule has 1 aliphatic heterocycles. The van der Waals surface area contributed by atoms with Crippen molar-refractivity contribution in [2.24, 2.45) is 11.8 Å². The molecule has 22 heavy (non-hydrogen) atoms. The van der Waals surface area contributed by atoms with Gasteiger partial charge in [0.05, 0.1) is 19.1 Å². The molecule has 1 saturated carbocycles. The molecule has 1 heterocycles. The zero-order valence-electron chi connectivity index (χ0n) is 12.6. The number of alkyl halides is 3. The first kappa shape index (κ1) is 17.1. The van der Waals surface area contributed by atoms with Gasteiger partial charge in [0.25, 0.3) is 5.91 Å². The van der Waals surface area contributed by atoms with Crippen molar-refractivity contribution >= 4 is 11.9 Å². The van der Waals surface area contributed by atoms with Crippen LogP contribution in [0.15, 0.2) is 0 Å². The lowest BCUT2D eigenvalue weighted by Gasteiger charge is -2.38. The number of carbonyl (C=O) groups excluding carboxylic acids is 2. The standard InChI is InChI=1S/C14H21F3N2O3/c1-8-3-9(2)5-13(4-8)11(21)19(12(22)18-13)7-10(20)6-14(15,16)17/h8-10,20H,3-7H2,1-2H3,(H,18,22)/t8-,9-,10+/m1/s1. The highest BCUT2D eigenvalue weighted by molar-refractivity contribution is 6.07. The monoisotopic (exact) mass is 322 g/mol. The summed E-state index contributed by atoms with van der Waals surface area (Å²) in [5.74, 6) is -0.0294. The Balaban J connectivity index is 2.09. The number of hydrogen-bond donors (Lipinski definition) is 2. The number of nitrogens with one attached hydrogen (secondary N) is 1. The van der Waals surface area contributed by atoms with Crippen molar-refractivity contribution in [1.29, 1.82) is 0 Å². The zero-order valence-corrected chi connectivity index (χ0v) is 12.6. The molecule has 3 amide bonds. The maximum Gasteiger partial charge on any atom is 0.391 e. The quantitative estimate of drug-likeness (QED) is 0.781. The van der Waals surface area contributed by atoms with Gasteiger partial charge in [-0.1, -0.05) is 13.8 Å².